The molecule has 0 bridgehead atoms. The minimum atomic E-state index is 0.600. The summed E-state index contributed by atoms with van der Waals surface area (Å²) in [5.74, 6) is 1.54. The predicted molar refractivity (Wildman–Crippen MR) is 73.8 cm³/mol. The first kappa shape index (κ1) is 12.7. The van der Waals surface area contributed by atoms with Gasteiger partial charge in [-0.05, 0) is 34.1 Å². The first-order chi connectivity index (χ1) is 8.79. The van der Waals surface area contributed by atoms with Crippen molar-refractivity contribution in [2.45, 2.75) is 6.54 Å². The van der Waals surface area contributed by atoms with Crippen LogP contribution in [0.15, 0.2) is 50.6 Å². The van der Waals surface area contributed by atoms with E-state index in [1.165, 1.54) is 0 Å². The van der Waals surface area contributed by atoms with Crippen LogP contribution in [-0.4, -0.2) is 13.3 Å². The molecule has 0 amide bonds. The Morgan fingerprint density at radius 2 is 2.17 bits per heavy atom. The summed E-state index contributed by atoms with van der Waals surface area (Å²) in [5, 5.41) is 4.08. The number of benzene rings is 1. The Hall–Kier alpha value is -1.75. The number of rotatable bonds is 5. The van der Waals surface area contributed by atoms with Crippen molar-refractivity contribution >= 4 is 22.1 Å². The maximum absolute atomic E-state index is 5.28. The number of nitrogens with one attached hydrogen (secondary N) is 1. The van der Waals surface area contributed by atoms with Crippen molar-refractivity contribution < 1.29 is 9.15 Å². The van der Waals surface area contributed by atoms with Gasteiger partial charge < -0.3 is 14.6 Å². The monoisotopic (exact) mass is 308 g/mol. The number of furan rings is 1. The molecule has 0 radical (unpaired) electrons. The van der Waals surface area contributed by atoms with Crippen molar-refractivity contribution in [1.29, 1.82) is 0 Å². The molecule has 0 aliphatic carbocycles. The summed E-state index contributed by atoms with van der Waals surface area (Å²) in [6.07, 6.45) is 1.63. The average Bonchev–Trinajstić information content (AvgIpc) is 2.81. The molecule has 0 fully saturated rings. The zero-order chi connectivity index (χ0) is 12.8. The lowest BCUT2D eigenvalue weighted by Gasteiger charge is -2.06. The van der Waals surface area contributed by atoms with E-state index in [0.717, 1.165) is 11.3 Å². The molecule has 0 saturated heterocycles. The number of halogens is 1. The van der Waals surface area contributed by atoms with Crippen LogP contribution in [0.3, 0.4) is 0 Å². The zero-order valence-electron chi connectivity index (χ0n) is 9.89. The molecule has 0 aliphatic heterocycles. The Labute approximate surface area is 114 Å². The summed E-state index contributed by atoms with van der Waals surface area (Å²) in [5.41, 5.74) is 4.00. The minimum absolute atomic E-state index is 0.600. The summed E-state index contributed by atoms with van der Waals surface area (Å²) in [6.45, 7) is 0.600. The van der Waals surface area contributed by atoms with Gasteiger partial charge in [0, 0.05) is 5.56 Å². The molecule has 94 valence electrons. The van der Waals surface area contributed by atoms with Gasteiger partial charge in [-0.25, -0.2) is 0 Å². The Kier molecular flexibility index (Phi) is 4.41. The fourth-order valence-corrected chi connectivity index (χ4v) is 1.81. The SMILES string of the molecule is COc1ccccc1CN/N=C\c1ccc(Br)o1. The molecule has 2 rings (SSSR count). The number of hydrogen-bond acceptors (Lipinski definition) is 4. The predicted octanol–water partition coefficient (Wildman–Crippen LogP) is 3.17. The Bertz CT molecular complexity index is 537. The van der Waals surface area contributed by atoms with E-state index in [9.17, 15) is 0 Å². The van der Waals surface area contributed by atoms with Crippen molar-refractivity contribution in [3.8, 4) is 5.75 Å². The number of hydrogen-bond donors (Lipinski definition) is 1. The smallest absolute Gasteiger partial charge is 0.169 e. The van der Waals surface area contributed by atoms with Gasteiger partial charge in [0.2, 0.25) is 0 Å². The Morgan fingerprint density at radius 3 is 2.89 bits per heavy atom. The topological polar surface area (TPSA) is 46.8 Å². The highest BCUT2D eigenvalue weighted by atomic mass is 79.9. The summed E-state index contributed by atoms with van der Waals surface area (Å²) in [4.78, 5) is 0. The van der Waals surface area contributed by atoms with Crippen molar-refractivity contribution in [2.75, 3.05) is 7.11 Å². The molecule has 0 atom stereocenters. The van der Waals surface area contributed by atoms with Crippen LogP contribution in [0, 0.1) is 0 Å². The Morgan fingerprint density at radius 1 is 1.33 bits per heavy atom. The van der Waals surface area contributed by atoms with E-state index in [0.29, 0.717) is 17.0 Å². The van der Waals surface area contributed by atoms with Crippen LogP contribution >= 0.6 is 15.9 Å². The molecule has 2 aromatic rings. The number of para-hydroxylation sites is 1. The van der Waals surface area contributed by atoms with Gasteiger partial charge in [-0.3, -0.25) is 0 Å². The highest BCUT2D eigenvalue weighted by Crippen LogP contribution is 2.16. The van der Waals surface area contributed by atoms with Crippen LogP contribution in [0.5, 0.6) is 5.75 Å². The first-order valence-electron chi connectivity index (χ1n) is 5.43. The van der Waals surface area contributed by atoms with E-state index in [4.69, 9.17) is 9.15 Å². The van der Waals surface area contributed by atoms with E-state index >= 15 is 0 Å². The zero-order valence-corrected chi connectivity index (χ0v) is 11.5. The minimum Gasteiger partial charge on any atom is -0.496 e. The Balaban J connectivity index is 1.90. The molecule has 5 heteroatoms. The molecule has 1 N–H and O–H groups in total. The molecule has 0 saturated carbocycles. The number of ether oxygens (including phenoxy) is 1. The molecule has 1 heterocycles. The average molecular weight is 309 g/mol. The largest absolute Gasteiger partial charge is 0.496 e. The third-order valence-electron chi connectivity index (χ3n) is 2.34. The summed E-state index contributed by atoms with van der Waals surface area (Å²) < 4.78 is 11.2. The second-order valence-electron chi connectivity index (χ2n) is 3.55. The molecule has 1 aromatic carbocycles. The van der Waals surface area contributed by atoms with Gasteiger partial charge in [0.1, 0.15) is 11.5 Å². The first-order valence-corrected chi connectivity index (χ1v) is 6.22. The van der Waals surface area contributed by atoms with Gasteiger partial charge in [0.15, 0.2) is 4.67 Å². The maximum atomic E-state index is 5.28. The van der Waals surface area contributed by atoms with Crippen LogP contribution in [0.2, 0.25) is 0 Å². The van der Waals surface area contributed by atoms with E-state index in [1.807, 2.05) is 36.4 Å². The molecule has 0 unspecified atom stereocenters. The molecule has 0 aliphatic rings. The third-order valence-corrected chi connectivity index (χ3v) is 2.77. The quantitative estimate of drug-likeness (QED) is 0.681. The molecular weight excluding hydrogens is 296 g/mol. The van der Waals surface area contributed by atoms with E-state index < -0.39 is 0 Å². The summed E-state index contributed by atoms with van der Waals surface area (Å²) in [7, 11) is 1.66. The standard InChI is InChI=1S/C13H13BrN2O2/c1-17-12-5-3-2-4-10(12)8-15-16-9-11-6-7-13(14)18-11/h2-7,9,15H,8H2,1H3/b16-9-. The lowest BCUT2D eigenvalue weighted by atomic mass is 10.2. The van der Waals surface area contributed by atoms with Crippen LogP contribution in [0.4, 0.5) is 0 Å². The lowest BCUT2D eigenvalue weighted by molar-refractivity contribution is 0.408. The lowest BCUT2D eigenvalue weighted by Crippen LogP contribution is -2.06. The van der Waals surface area contributed by atoms with Crippen LogP contribution < -0.4 is 10.2 Å². The van der Waals surface area contributed by atoms with E-state index in [1.54, 1.807) is 13.3 Å². The van der Waals surface area contributed by atoms with Crippen LogP contribution in [0.25, 0.3) is 0 Å². The fraction of sp³-hybridized carbons (Fsp3) is 0.154. The van der Waals surface area contributed by atoms with Crippen LogP contribution in [0.1, 0.15) is 11.3 Å². The number of nitrogens with zero attached hydrogens (tertiary/aromatic N) is 1. The summed E-state index contributed by atoms with van der Waals surface area (Å²) in [6, 6.07) is 11.5. The highest BCUT2D eigenvalue weighted by Gasteiger charge is 1.99. The summed E-state index contributed by atoms with van der Waals surface area (Å²) >= 11 is 3.23. The van der Waals surface area contributed by atoms with Crippen molar-refractivity contribution in [2.24, 2.45) is 5.10 Å². The second-order valence-corrected chi connectivity index (χ2v) is 4.33. The van der Waals surface area contributed by atoms with E-state index in [-0.39, 0.29) is 0 Å². The van der Waals surface area contributed by atoms with Gasteiger partial charge in [0.05, 0.1) is 19.9 Å². The molecule has 4 nitrogen and oxygen atoms in total. The molecule has 18 heavy (non-hydrogen) atoms. The fourth-order valence-electron chi connectivity index (χ4n) is 1.49. The highest BCUT2D eigenvalue weighted by molar-refractivity contribution is 9.10. The maximum Gasteiger partial charge on any atom is 0.169 e. The van der Waals surface area contributed by atoms with E-state index in [2.05, 4.69) is 26.5 Å². The normalized spacial score (nSPS) is 10.8. The third kappa shape index (κ3) is 3.37. The van der Waals surface area contributed by atoms with Gasteiger partial charge in [-0.1, -0.05) is 18.2 Å². The van der Waals surface area contributed by atoms with Crippen LogP contribution in [-0.2, 0) is 6.54 Å². The number of hydrazone groups is 1. The molecule has 1 aromatic heterocycles. The van der Waals surface area contributed by atoms with Gasteiger partial charge >= 0.3 is 0 Å². The number of methoxy groups -OCH3 is 1. The van der Waals surface area contributed by atoms with Crippen molar-refractivity contribution in [3.63, 3.8) is 0 Å². The molecular formula is C13H13BrN2O2. The van der Waals surface area contributed by atoms with Gasteiger partial charge in [-0.2, -0.15) is 5.10 Å². The molecule has 0 spiro atoms. The second kappa shape index (κ2) is 6.26. The van der Waals surface area contributed by atoms with Gasteiger partial charge in [-0.15, -0.1) is 0 Å². The van der Waals surface area contributed by atoms with Crippen molar-refractivity contribution in [1.82, 2.24) is 5.43 Å². The van der Waals surface area contributed by atoms with Crippen molar-refractivity contribution in [3.05, 3.63) is 52.4 Å². The van der Waals surface area contributed by atoms with Gasteiger partial charge in [0.25, 0.3) is 0 Å².